The van der Waals surface area contributed by atoms with Gasteiger partial charge in [0, 0.05) is 28.6 Å². The van der Waals surface area contributed by atoms with E-state index in [1.807, 2.05) is 23.5 Å². The van der Waals surface area contributed by atoms with Crippen molar-refractivity contribution in [2.24, 2.45) is 5.73 Å². The fourth-order valence-corrected chi connectivity index (χ4v) is 4.82. The summed E-state index contributed by atoms with van der Waals surface area (Å²) in [4.78, 5) is 0. The largest absolute Gasteiger partial charge is 0.326 e. The van der Waals surface area contributed by atoms with E-state index in [1.54, 1.807) is 0 Å². The standard InChI is InChI=1S/C13H19NS2/c1-10-3-2-4-11(7-10)8-12(14)13-9-15-5-6-16-13/h2-4,7,12-13H,5-6,8-9,14H2,1H3. The predicted molar refractivity (Wildman–Crippen MR) is 76.4 cm³/mol. The first kappa shape index (κ1) is 12.3. The molecule has 0 spiro atoms. The summed E-state index contributed by atoms with van der Waals surface area (Å²) < 4.78 is 0. The van der Waals surface area contributed by atoms with Crippen molar-refractivity contribution in [3.8, 4) is 0 Å². The highest BCUT2D eigenvalue weighted by molar-refractivity contribution is 8.06. The van der Waals surface area contributed by atoms with Crippen molar-refractivity contribution in [3.63, 3.8) is 0 Å². The van der Waals surface area contributed by atoms with E-state index >= 15 is 0 Å². The Bertz CT molecular complexity index is 334. The normalized spacial score (nSPS) is 23.0. The molecule has 0 aliphatic carbocycles. The Morgan fingerprint density at radius 1 is 1.44 bits per heavy atom. The Morgan fingerprint density at radius 3 is 3.00 bits per heavy atom. The van der Waals surface area contributed by atoms with Gasteiger partial charge >= 0.3 is 0 Å². The van der Waals surface area contributed by atoms with Gasteiger partial charge in [0.25, 0.3) is 0 Å². The fourth-order valence-electron chi connectivity index (χ4n) is 2.00. The summed E-state index contributed by atoms with van der Waals surface area (Å²) in [6.07, 6.45) is 1.01. The van der Waals surface area contributed by atoms with Crippen LogP contribution in [0.4, 0.5) is 0 Å². The molecule has 1 aliphatic heterocycles. The average molecular weight is 253 g/mol. The Hall–Kier alpha value is -0.120. The first-order valence-corrected chi connectivity index (χ1v) is 7.96. The van der Waals surface area contributed by atoms with Gasteiger partial charge in [-0.05, 0) is 18.9 Å². The molecule has 0 amide bonds. The fraction of sp³-hybridized carbons (Fsp3) is 0.538. The molecule has 0 aromatic heterocycles. The molecular formula is C13H19NS2. The summed E-state index contributed by atoms with van der Waals surface area (Å²) in [5.41, 5.74) is 9.00. The van der Waals surface area contributed by atoms with Crippen molar-refractivity contribution in [1.29, 1.82) is 0 Å². The zero-order valence-electron chi connectivity index (χ0n) is 9.69. The van der Waals surface area contributed by atoms with Gasteiger partial charge in [0.2, 0.25) is 0 Å². The van der Waals surface area contributed by atoms with Crippen LogP contribution in [0.15, 0.2) is 24.3 Å². The van der Waals surface area contributed by atoms with Gasteiger partial charge < -0.3 is 5.73 Å². The molecule has 1 saturated heterocycles. The third kappa shape index (κ3) is 3.44. The number of hydrogen-bond donors (Lipinski definition) is 1. The summed E-state index contributed by atoms with van der Waals surface area (Å²) in [5, 5.41) is 0.638. The van der Waals surface area contributed by atoms with E-state index in [1.165, 1.54) is 28.4 Å². The van der Waals surface area contributed by atoms with Crippen LogP contribution in [0.25, 0.3) is 0 Å². The molecule has 0 bridgehead atoms. The Morgan fingerprint density at radius 2 is 2.31 bits per heavy atom. The second-order valence-corrected chi connectivity index (χ2v) is 6.84. The van der Waals surface area contributed by atoms with Crippen LogP contribution in [0.5, 0.6) is 0 Å². The number of thioether (sulfide) groups is 2. The van der Waals surface area contributed by atoms with Gasteiger partial charge in [0.05, 0.1) is 0 Å². The maximum Gasteiger partial charge on any atom is 0.0293 e. The molecule has 0 saturated carbocycles. The van der Waals surface area contributed by atoms with Gasteiger partial charge in [0.1, 0.15) is 0 Å². The Kier molecular flexibility index (Phi) is 4.62. The van der Waals surface area contributed by atoms with E-state index in [4.69, 9.17) is 5.73 Å². The molecule has 16 heavy (non-hydrogen) atoms. The highest BCUT2D eigenvalue weighted by Gasteiger charge is 2.21. The molecule has 0 radical (unpaired) electrons. The van der Waals surface area contributed by atoms with Crippen LogP contribution in [0.3, 0.4) is 0 Å². The van der Waals surface area contributed by atoms with Crippen LogP contribution >= 0.6 is 23.5 Å². The van der Waals surface area contributed by atoms with Crippen LogP contribution < -0.4 is 5.73 Å². The third-order valence-corrected chi connectivity index (χ3v) is 5.81. The molecule has 2 unspecified atom stereocenters. The summed E-state index contributed by atoms with van der Waals surface area (Å²) in [5.74, 6) is 3.77. The lowest BCUT2D eigenvalue weighted by molar-refractivity contribution is 0.664. The number of aryl methyl sites for hydroxylation is 1. The first-order valence-electron chi connectivity index (χ1n) is 5.76. The zero-order chi connectivity index (χ0) is 11.4. The maximum atomic E-state index is 6.30. The van der Waals surface area contributed by atoms with E-state index in [-0.39, 0.29) is 0 Å². The monoisotopic (exact) mass is 253 g/mol. The van der Waals surface area contributed by atoms with Crippen molar-refractivity contribution >= 4 is 23.5 Å². The van der Waals surface area contributed by atoms with Crippen LogP contribution in [0, 0.1) is 6.92 Å². The SMILES string of the molecule is Cc1cccc(CC(N)C2CSCCS2)c1. The second kappa shape index (κ2) is 5.99. The van der Waals surface area contributed by atoms with Crippen molar-refractivity contribution in [2.75, 3.05) is 17.3 Å². The van der Waals surface area contributed by atoms with Gasteiger partial charge in [-0.25, -0.2) is 0 Å². The van der Waals surface area contributed by atoms with E-state index in [0.717, 1.165) is 6.42 Å². The highest BCUT2D eigenvalue weighted by atomic mass is 32.2. The summed E-state index contributed by atoms with van der Waals surface area (Å²) >= 11 is 4.09. The molecule has 88 valence electrons. The number of benzene rings is 1. The van der Waals surface area contributed by atoms with Gasteiger partial charge in [0.15, 0.2) is 0 Å². The minimum atomic E-state index is 0.305. The van der Waals surface area contributed by atoms with Crippen LogP contribution in [-0.2, 0) is 6.42 Å². The molecule has 2 N–H and O–H groups in total. The van der Waals surface area contributed by atoms with Gasteiger partial charge in [-0.1, -0.05) is 29.8 Å². The van der Waals surface area contributed by atoms with Crippen LogP contribution in [-0.4, -0.2) is 28.6 Å². The van der Waals surface area contributed by atoms with Gasteiger partial charge in [-0.15, -0.1) is 0 Å². The highest BCUT2D eigenvalue weighted by Crippen LogP contribution is 2.27. The van der Waals surface area contributed by atoms with Crippen LogP contribution in [0.2, 0.25) is 0 Å². The topological polar surface area (TPSA) is 26.0 Å². The number of hydrogen-bond acceptors (Lipinski definition) is 3. The van der Waals surface area contributed by atoms with E-state index < -0.39 is 0 Å². The molecule has 1 fully saturated rings. The lowest BCUT2D eigenvalue weighted by Crippen LogP contribution is -2.38. The van der Waals surface area contributed by atoms with Crippen LogP contribution in [0.1, 0.15) is 11.1 Å². The molecular weight excluding hydrogens is 234 g/mol. The molecule has 3 heteroatoms. The molecule has 2 atom stereocenters. The minimum Gasteiger partial charge on any atom is -0.326 e. The zero-order valence-corrected chi connectivity index (χ0v) is 11.3. The van der Waals surface area contributed by atoms with Crippen molar-refractivity contribution in [1.82, 2.24) is 0 Å². The summed E-state index contributed by atoms with van der Waals surface area (Å²) in [6.45, 7) is 2.14. The smallest absolute Gasteiger partial charge is 0.0293 e. The second-order valence-electron chi connectivity index (χ2n) is 4.34. The third-order valence-electron chi connectivity index (χ3n) is 2.87. The molecule has 2 rings (SSSR count). The van der Waals surface area contributed by atoms with Gasteiger partial charge in [-0.3, -0.25) is 0 Å². The van der Waals surface area contributed by atoms with Crippen molar-refractivity contribution in [2.45, 2.75) is 24.6 Å². The van der Waals surface area contributed by atoms with Crippen molar-refractivity contribution < 1.29 is 0 Å². The van der Waals surface area contributed by atoms with E-state index in [2.05, 4.69) is 31.2 Å². The quantitative estimate of drug-likeness (QED) is 0.897. The van der Waals surface area contributed by atoms with Crippen molar-refractivity contribution in [3.05, 3.63) is 35.4 Å². The van der Waals surface area contributed by atoms with E-state index in [9.17, 15) is 0 Å². The number of nitrogens with two attached hydrogens (primary N) is 1. The summed E-state index contributed by atoms with van der Waals surface area (Å²) in [7, 11) is 0. The molecule has 1 aliphatic rings. The lowest BCUT2D eigenvalue weighted by Gasteiger charge is -2.26. The molecule has 1 nitrogen and oxygen atoms in total. The molecule has 1 aromatic rings. The lowest BCUT2D eigenvalue weighted by atomic mass is 10.0. The number of rotatable bonds is 3. The van der Waals surface area contributed by atoms with Gasteiger partial charge in [-0.2, -0.15) is 23.5 Å². The predicted octanol–water partition coefficient (Wildman–Crippen LogP) is 2.71. The van der Waals surface area contributed by atoms with E-state index in [0.29, 0.717) is 11.3 Å². The average Bonchev–Trinajstić information content (AvgIpc) is 2.30. The first-order chi connectivity index (χ1) is 7.75. The minimum absolute atomic E-state index is 0.305. The maximum absolute atomic E-state index is 6.30. The Balaban J connectivity index is 1.93. The molecule has 1 aromatic carbocycles. The Labute approximate surface area is 107 Å². The summed E-state index contributed by atoms with van der Waals surface area (Å²) in [6, 6.07) is 9.01. The molecule has 1 heterocycles.